The lowest BCUT2D eigenvalue weighted by Crippen LogP contribution is -2.48. The van der Waals surface area contributed by atoms with Gasteiger partial charge in [-0.2, -0.15) is 10.2 Å². The molecule has 0 N–H and O–H groups in total. The quantitative estimate of drug-likeness (QED) is 0.704. The summed E-state index contributed by atoms with van der Waals surface area (Å²) >= 11 is 0. The van der Waals surface area contributed by atoms with Gasteiger partial charge in [0.05, 0.1) is 43.4 Å². The van der Waals surface area contributed by atoms with E-state index in [1.54, 1.807) is 0 Å². The molecule has 0 bridgehead atoms. The SMILES string of the molecule is Cc1cc2cnn(-c3cnn(C)c3)c2cc1C1C[C@@H]2CN(C3COC3)C[C@@H]2C1. The molecule has 0 spiro atoms. The van der Waals surface area contributed by atoms with E-state index in [4.69, 9.17) is 4.74 Å². The van der Waals surface area contributed by atoms with E-state index < -0.39 is 0 Å². The maximum absolute atomic E-state index is 5.40. The Kier molecular flexibility index (Phi) is 3.68. The van der Waals surface area contributed by atoms with E-state index in [0.29, 0.717) is 12.0 Å². The second kappa shape index (κ2) is 6.16. The van der Waals surface area contributed by atoms with Crippen LogP contribution in [0.5, 0.6) is 0 Å². The normalized spacial score (nSPS) is 28.1. The minimum atomic E-state index is 0.677. The van der Waals surface area contributed by atoms with E-state index in [1.165, 1.54) is 48.0 Å². The highest BCUT2D eigenvalue weighted by atomic mass is 16.5. The van der Waals surface area contributed by atoms with Gasteiger partial charge >= 0.3 is 0 Å². The summed E-state index contributed by atoms with van der Waals surface area (Å²) in [5.74, 6) is 2.38. The van der Waals surface area contributed by atoms with Crippen LogP contribution in [-0.4, -0.2) is 56.8 Å². The van der Waals surface area contributed by atoms with Gasteiger partial charge in [-0.25, -0.2) is 4.68 Å². The first-order valence-corrected chi connectivity index (χ1v) is 10.4. The topological polar surface area (TPSA) is 48.1 Å². The largest absolute Gasteiger partial charge is 0.378 e. The Morgan fingerprint density at radius 2 is 1.82 bits per heavy atom. The van der Waals surface area contributed by atoms with Crippen molar-refractivity contribution in [1.29, 1.82) is 0 Å². The van der Waals surface area contributed by atoms with Crippen LogP contribution in [0, 0.1) is 18.8 Å². The molecule has 146 valence electrons. The van der Waals surface area contributed by atoms with Crippen molar-refractivity contribution < 1.29 is 4.74 Å². The molecule has 6 heteroatoms. The molecule has 6 rings (SSSR count). The average Bonchev–Trinajstić information content (AvgIpc) is 3.35. The Morgan fingerprint density at radius 1 is 1.04 bits per heavy atom. The maximum atomic E-state index is 5.40. The third-order valence-electron chi connectivity index (χ3n) is 7.25. The molecule has 1 aromatic carbocycles. The molecule has 3 fully saturated rings. The zero-order chi connectivity index (χ0) is 18.8. The number of aromatic nitrogens is 4. The Morgan fingerprint density at radius 3 is 2.46 bits per heavy atom. The zero-order valence-corrected chi connectivity index (χ0v) is 16.6. The van der Waals surface area contributed by atoms with E-state index in [1.807, 2.05) is 35.0 Å². The Labute approximate surface area is 165 Å². The van der Waals surface area contributed by atoms with E-state index >= 15 is 0 Å². The molecule has 0 radical (unpaired) electrons. The van der Waals surface area contributed by atoms with E-state index in [0.717, 1.165) is 30.7 Å². The van der Waals surface area contributed by atoms with Crippen LogP contribution in [0.4, 0.5) is 0 Å². The zero-order valence-electron chi connectivity index (χ0n) is 16.6. The number of likely N-dealkylation sites (tertiary alicyclic amines) is 1. The second-order valence-corrected chi connectivity index (χ2v) is 9.03. The van der Waals surface area contributed by atoms with E-state index in [9.17, 15) is 0 Å². The minimum absolute atomic E-state index is 0.677. The first-order chi connectivity index (χ1) is 13.7. The van der Waals surface area contributed by atoms with E-state index in [2.05, 4.69) is 34.2 Å². The van der Waals surface area contributed by atoms with Crippen LogP contribution < -0.4 is 0 Å². The molecule has 6 nitrogen and oxygen atoms in total. The number of ether oxygens (including phenoxy) is 1. The lowest BCUT2D eigenvalue weighted by molar-refractivity contribution is -0.0594. The van der Waals surface area contributed by atoms with Crippen LogP contribution >= 0.6 is 0 Å². The Balaban J connectivity index is 1.29. The van der Waals surface area contributed by atoms with Crippen LogP contribution in [0.2, 0.25) is 0 Å². The standard InChI is InChI=1S/C22H27N5O/c1-14-3-16-7-24-27(19-8-23-25(2)11-19)22(16)6-21(14)15-4-17-9-26(10-18(17)5-15)20-12-28-13-20/h3,6-8,11,15,17-18,20H,4-5,9-10,12-13H2,1-2H3/t15?,17-,18+. The molecule has 28 heavy (non-hydrogen) atoms. The van der Waals surface area contributed by atoms with Gasteiger partial charge in [0.1, 0.15) is 5.69 Å². The molecule has 1 unspecified atom stereocenters. The van der Waals surface area contributed by atoms with Gasteiger partial charge in [0.25, 0.3) is 0 Å². The van der Waals surface area contributed by atoms with Gasteiger partial charge in [-0.3, -0.25) is 9.58 Å². The summed E-state index contributed by atoms with van der Waals surface area (Å²) < 4.78 is 9.26. The summed E-state index contributed by atoms with van der Waals surface area (Å²) in [7, 11) is 1.95. The van der Waals surface area contributed by atoms with Gasteiger partial charge in [-0.1, -0.05) is 0 Å². The third kappa shape index (κ3) is 2.54. The van der Waals surface area contributed by atoms with Gasteiger partial charge in [0.15, 0.2) is 0 Å². The minimum Gasteiger partial charge on any atom is -0.378 e. The summed E-state index contributed by atoms with van der Waals surface area (Å²) in [6.45, 7) is 6.68. The van der Waals surface area contributed by atoms with Crippen LogP contribution in [0.3, 0.4) is 0 Å². The number of hydrogen-bond donors (Lipinski definition) is 0. The molecule has 3 atom stereocenters. The summed E-state index contributed by atoms with van der Waals surface area (Å²) in [5.41, 5.74) is 5.14. The first kappa shape index (κ1) is 16.7. The number of rotatable bonds is 3. The Hall–Kier alpha value is -2.18. The van der Waals surface area contributed by atoms with Crippen molar-refractivity contribution in [2.75, 3.05) is 26.3 Å². The fourth-order valence-electron chi connectivity index (χ4n) is 5.69. The molecule has 2 saturated heterocycles. The highest BCUT2D eigenvalue weighted by Gasteiger charge is 2.44. The van der Waals surface area contributed by atoms with Gasteiger partial charge in [0, 0.05) is 25.5 Å². The predicted molar refractivity (Wildman–Crippen MR) is 108 cm³/mol. The highest BCUT2D eigenvalue weighted by molar-refractivity contribution is 5.82. The van der Waals surface area contributed by atoms with Crippen LogP contribution in [0.15, 0.2) is 30.7 Å². The first-order valence-electron chi connectivity index (χ1n) is 10.4. The van der Waals surface area contributed by atoms with Crippen LogP contribution in [0.25, 0.3) is 16.6 Å². The van der Waals surface area contributed by atoms with Gasteiger partial charge in [0.2, 0.25) is 0 Å². The smallest absolute Gasteiger partial charge is 0.103 e. The Bertz CT molecular complexity index is 1020. The van der Waals surface area contributed by atoms with Gasteiger partial charge < -0.3 is 4.74 Å². The number of nitrogens with zero attached hydrogens (tertiary/aromatic N) is 5. The highest BCUT2D eigenvalue weighted by Crippen LogP contribution is 2.48. The fourth-order valence-corrected chi connectivity index (χ4v) is 5.69. The number of hydrogen-bond acceptors (Lipinski definition) is 4. The van der Waals surface area contributed by atoms with Crippen molar-refractivity contribution in [2.24, 2.45) is 18.9 Å². The van der Waals surface area contributed by atoms with Crippen LogP contribution in [0.1, 0.15) is 29.9 Å². The average molecular weight is 377 g/mol. The lowest BCUT2D eigenvalue weighted by atomic mass is 9.91. The number of benzene rings is 1. The molecule has 3 aromatic rings. The summed E-state index contributed by atoms with van der Waals surface area (Å²) in [4.78, 5) is 2.68. The maximum Gasteiger partial charge on any atom is 0.103 e. The second-order valence-electron chi connectivity index (χ2n) is 9.03. The fraction of sp³-hybridized carbons (Fsp3) is 0.545. The molecular weight excluding hydrogens is 350 g/mol. The molecule has 3 aliphatic rings. The third-order valence-corrected chi connectivity index (χ3v) is 7.25. The number of fused-ring (bicyclic) bond motifs is 2. The molecule has 4 heterocycles. The molecular formula is C22H27N5O. The molecule has 2 aromatic heterocycles. The van der Waals surface area contributed by atoms with Crippen molar-refractivity contribution in [2.45, 2.75) is 31.7 Å². The molecule has 2 aliphatic heterocycles. The van der Waals surface area contributed by atoms with Crippen molar-refractivity contribution in [3.05, 3.63) is 41.9 Å². The van der Waals surface area contributed by atoms with Crippen LogP contribution in [-0.2, 0) is 11.8 Å². The summed E-state index contributed by atoms with van der Waals surface area (Å²) in [6, 6.07) is 5.40. The van der Waals surface area contributed by atoms with Crippen molar-refractivity contribution in [1.82, 2.24) is 24.5 Å². The predicted octanol–water partition coefficient (Wildman–Crippen LogP) is 2.89. The van der Waals surface area contributed by atoms with Crippen molar-refractivity contribution in [3.63, 3.8) is 0 Å². The molecule has 1 aliphatic carbocycles. The van der Waals surface area contributed by atoms with Crippen molar-refractivity contribution in [3.8, 4) is 5.69 Å². The van der Waals surface area contributed by atoms with Gasteiger partial charge in [-0.15, -0.1) is 0 Å². The molecule has 1 saturated carbocycles. The van der Waals surface area contributed by atoms with Crippen molar-refractivity contribution >= 4 is 10.9 Å². The van der Waals surface area contributed by atoms with Gasteiger partial charge in [-0.05, 0) is 60.8 Å². The summed E-state index contributed by atoms with van der Waals surface area (Å²) in [6.07, 6.45) is 8.51. The monoisotopic (exact) mass is 377 g/mol. The van der Waals surface area contributed by atoms with E-state index in [-0.39, 0.29) is 0 Å². The number of aryl methyl sites for hydroxylation is 2. The lowest BCUT2D eigenvalue weighted by Gasteiger charge is -2.35. The molecule has 0 amide bonds. The summed E-state index contributed by atoms with van der Waals surface area (Å²) in [5, 5.41) is 10.2.